The average molecular weight is 442 g/mol. The van der Waals surface area contributed by atoms with E-state index in [-0.39, 0.29) is 10.9 Å². The lowest BCUT2D eigenvalue weighted by Crippen LogP contribution is -2.58. The fraction of sp³-hybridized carbons (Fsp3) is 0.500. The lowest BCUT2D eigenvalue weighted by molar-refractivity contribution is 0.00670. The van der Waals surface area contributed by atoms with Crippen molar-refractivity contribution in [3.05, 3.63) is 54.1 Å². The standard InChI is InChI=1S/C24H31N3O3S/c1-30-22-6-8-23(9-7-22)31(28,29)25-15-21-14-19-11-12-26(21)16-20(19)17-27-13-10-18-4-2-3-5-24(18)27/h2-9,19-21,25H,10-17H2,1H3/t19-,20+,21+/m0/s1. The van der Waals surface area contributed by atoms with E-state index >= 15 is 0 Å². The Hall–Kier alpha value is -2.09. The van der Waals surface area contributed by atoms with Crippen molar-refractivity contribution in [2.75, 3.05) is 44.7 Å². The summed E-state index contributed by atoms with van der Waals surface area (Å²) in [6.07, 6.45) is 3.44. The van der Waals surface area contributed by atoms with E-state index in [4.69, 9.17) is 4.74 Å². The summed E-state index contributed by atoms with van der Waals surface area (Å²) in [6.45, 7) is 4.85. The molecule has 0 spiro atoms. The van der Waals surface area contributed by atoms with Crippen molar-refractivity contribution in [2.45, 2.75) is 30.2 Å². The molecule has 6 rings (SSSR count). The van der Waals surface area contributed by atoms with Gasteiger partial charge in [0, 0.05) is 37.9 Å². The van der Waals surface area contributed by atoms with Crippen LogP contribution in [0.15, 0.2) is 53.4 Å². The number of nitrogens with one attached hydrogen (secondary N) is 1. The average Bonchev–Trinajstić information content (AvgIpc) is 3.21. The van der Waals surface area contributed by atoms with Crippen LogP contribution in [0.1, 0.15) is 18.4 Å². The predicted octanol–water partition coefficient (Wildman–Crippen LogP) is 2.75. The molecule has 1 N–H and O–H groups in total. The molecule has 2 bridgehead atoms. The number of sulfonamides is 1. The molecule has 4 atom stereocenters. The minimum absolute atomic E-state index is 0.286. The Kier molecular flexibility index (Phi) is 5.67. The number of methoxy groups -OCH3 is 1. The Bertz CT molecular complexity index is 1020. The van der Waals surface area contributed by atoms with Crippen LogP contribution in [-0.2, 0) is 16.4 Å². The highest BCUT2D eigenvalue weighted by Gasteiger charge is 2.41. The van der Waals surface area contributed by atoms with Gasteiger partial charge in [-0.25, -0.2) is 13.1 Å². The molecule has 1 unspecified atom stereocenters. The van der Waals surface area contributed by atoms with E-state index in [2.05, 4.69) is 38.8 Å². The Labute approximate surface area is 185 Å². The van der Waals surface area contributed by atoms with E-state index in [0.717, 1.165) is 39.0 Å². The smallest absolute Gasteiger partial charge is 0.240 e. The minimum atomic E-state index is -3.51. The number of rotatable bonds is 7. The van der Waals surface area contributed by atoms with Crippen molar-refractivity contribution in [1.82, 2.24) is 9.62 Å². The van der Waals surface area contributed by atoms with Crippen LogP contribution in [0, 0.1) is 11.8 Å². The summed E-state index contributed by atoms with van der Waals surface area (Å²) in [7, 11) is -1.93. The Morgan fingerprint density at radius 1 is 1.10 bits per heavy atom. The van der Waals surface area contributed by atoms with Crippen LogP contribution in [-0.4, -0.2) is 59.2 Å². The number of piperidine rings is 3. The van der Waals surface area contributed by atoms with Gasteiger partial charge in [-0.1, -0.05) is 18.2 Å². The maximum atomic E-state index is 12.7. The van der Waals surface area contributed by atoms with Gasteiger partial charge in [0.25, 0.3) is 0 Å². The van der Waals surface area contributed by atoms with Gasteiger partial charge in [-0.05, 0) is 73.5 Å². The molecule has 3 fully saturated rings. The summed E-state index contributed by atoms with van der Waals surface area (Å²) >= 11 is 0. The molecule has 0 aromatic heterocycles. The summed E-state index contributed by atoms with van der Waals surface area (Å²) in [4.78, 5) is 5.35. The van der Waals surface area contributed by atoms with Gasteiger partial charge in [0.15, 0.2) is 0 Å². The molecule has 31 heavy (non-hydrogen) atoms. The van der Waals surface area contributed by atoms with E-state index < -0.39 is 10.0 Å². The largest absolute Gasteiger partial charge is 0.497 e. The lowest BCUT2D eigenvalue weighted by atomic mass is 9.75. The fourth-order valence-corrected chi connectivity index (χ4v) is 6.66. The van der Waals surface area contributed by atoms with Gasteiger partial charge in [-0.2, -0.15) is 0 Å². The molecular weight excluding hydrogens is 410 g/mol. The third-order valence-corrected chi connectivity index (χ3v) is 8.77. The number of para-hydroxylation sites is 1. The molecule has 4 aliphatic rings. The molecule has 2 aromatic carbocycles. The number of fused-ring (bicyclic) bond motifs is 4. The second-order valence-electron chi connectivity index (χ2n) is 9.05. The molecule has 3 saturated heterocycles. The fourth-order valence-electron chi connectivity index (χ4n) is 5.59. The zero-order valence-electron chi connectivity index (χ0n) is 18.0. The summed E-state index contributed by atoms with van der Waals surface area (Å²) in [5, 5.41) is 0. The second-order valence-corrected chi connectivity index (χ2v) is 10.8. The van der Waals surface area contributed by atoms with E-state index in [1.165, 1.54) is 17.7 Å². The molecule has 4 aliphatic heterocycles. The van der Waals surface area contributed by atoms with Crippen molar-refractivity contribution in [2.24, 2.45) is 11.8 Å². The molecule has 0 aliphatic carbocycles. The number of nitrogens with zero attached hydrogens (tertiary/aromatic N) is 2. The van der Waals surface area contributed by atoms with Crippen molar-refractivity contribution in [1.29, 1.82) is 0 Å². The summed E-state index contributed by atoms with van der Waals surface area (Å²) < 4.78 is 33.4. The Morgan fingerprint density at radius 2 is 1.90 bits per heavy atom. The molecule has 0 saturated carbocycles. The van der Waals surface area contributed by atoms with Crippen molar-refractivity contribution in [3.63, 3.8) is 0 Å². The number of ether oxygens (including phenoxy) is 1. The number of hydrogen-bond donors (Lipinski definition) is 1. The van der Waals surface area contributed by atoms with Gasteiger partial charge in [0.1, 0.15) is 5.75 Å². The molecule has 7 heteroatoms. The highest BCUT2D eigenvalue weighted by Crippen LogP contribution is 2.38. The van der Waals surface area contributed by atoms with Gasteiger partial charge in [0.05, 0.1) is 12.0 Å². The first kappa shape index (κ1) is 20.8. The van der Waals surface area contributed by atoms with E-state index in [0.29, 0.717) is 24.1 Å². The molecular formula is C24H31N3O3S. The van der Waals surface area contributed by atoms with Crippen LogP contribution in [0.25, 0.3) is 0 Å². The van der Waals surface area contributed by atoms with E-state index in [1.54, 1.807) is 31.4 Å². The topological polar surface area (TPSA) is 61.9 Å². The SMILES string of the molecule is COc1ccc(S(=O)(=O)NC[C@H]2C[C@@H]3CCN2C[C@@H]3CN2CCc3ccccc32)cc1. The molecule has 4 heterocycles. The molecule has 2 aromatic rings. The van der Waals surface area contributed by atoms with Crippen molar-refractivity contribution < 1.29 is 13.2 Å². The second kappa shape index (κ2) is 8.45. The number of hydrogen-bond acceptors (Lipinski definition) is 5. The minimum Gasteiger partial charge on any atom is -0.497 e. The summed E-state index contributed by atoms with van der Waals surface area (Å²) in [5.74, 6) is 1.99. The Morgan fingerprint density at radius 3 is 2.65 bits per heavy atom. The van der Waals surface area contributed by atoms with Crippen molar-refractivity contribution in [3.8, 4) is 5.75 Å². The first-order valence-corrected chi connectivity index (χ1v) is 12.7. The molecule has 166 valence electrons. The number of anilines is 1. The van der Waals surface area contributed by atoms with Crippen LogP contribution in [0.3, 0.4) is 0 Å². The van der Waals surface area contributed by atoms with Gasteiger partial charge in [0.2, 0.25) is 10.0 Å². The maximum Gasteiger partial charge on any atom is 0.240 e. The zero-order chi connectivity index (χ0) is 21.4. The van der Waals surface area contributed by atoms with Crippen LogP contribution in [0.5, 0.6) is 5.75 Å². The quantitative estimate of drug-likeness (QED) is 0.716. The van der Waals surface area contributed by atoms with E-state index in [9.17, 15) is 8.42 Å². The third-order valence-electron chi connectivity index (χ3n) is 7.33. The predicted molar refractivity (Wildman–Crippen MR) is 122 cm³/mol. The van der Waals surface area contributed by atoms with E-state index in [1.807, 2.05) is 0 Å². The van der Waals surface area contributed by atoms with Crippen molar-refractivity contribution >= 4 is 15.7 Å². The Balaban J connectivity index is 1.19. The van der Waals surface area contributed by atoms with Crippen LogP contribution in [0.4, 0.5) is 5.69 Å². The van der Waals surface area contributed by atoms with Crippen LogP contribution >= 0.6 is 0 Å². The normalized spacial score (nSPS) is 27.3. The van der Waals surface area contributed by atoms with Crippen LogP contribution in [0.2, 0.25) is 0 Å². The molecule has 0 amide bonds. The molecule has 6 nitrogen and oxygen atoms in total. The zero-order valence-corrected chi connectivity index (χ0v) is 18.9. The van der Waals surface area contributed by atoms with Gasteiger partial charge in [-0.15, -0.1) is 0 Å². The lowest BCUT2D eigenvalue weighted by Gasteiger charge is -2.50. The van der Waals surface area contributed by atoms with Gasteiger partial charge < -0.3 is 9.64 Å². The number of benzene rings is 2. The van der Waals surface area contributed by atoms with Gasteiger partial charge >= 0.3 is 0 Å². The van der Waals surface area contributed by atoms with Gasteiger partial charge in [-0.3, -0.25) is 4.90 Å². The highest BCUT2D eigenvalue weighted by atomic mass is 32.2. The first-order chi connectivity index (χ1) is 15.0. The highest BCUT2D eigenvalue weighted by molar-refractivity contribution is 7.89. The first-order valence-electron chi connectivity index (χ1n) is 11.2. The summed E-state index contributed by atoms with van der Waals surface area (Å²) in [5.41, 5.74) is 2.87. The third kappa shape index (κ3) is 4.19. The van der Waals surface area contributed by atoms with Crippen LogP contribution < -0.4 is 14.4 Å². The monoisotopic (exact) mass is 441 g/mol. The summed E-state index contributed by atoms with van der Waals surface area (Å²) in [6, 6.07) is 15.6. The maximum absolute atomic E-state index is 12.7. The molecule has 0 radical (unpaired) electrons.